The standard InChI is InChI=1S/C14H14N2O4/c1-2-10(14(18)19)15-13(17)11-8-12(20-16-11)9-6-4-3-5-7-9/h3-8,10H,2H2,1H3,(H,15,17)(H,18,19). The number of carbonyl (C=O) groups is 2. The SMILES string of the molecule is CCC(NC(=O)c1cc(-c2ccccc2)on1)C(=O)O. The van der Waals surface area contributed by atoms with Gasteiger partial charge in [0.1, 0.15) is 6.04 Å². The van der Waals surface area contributed by atoms with Crippen molar-refractivity contribution in [3.8, 4) is 11.3 Å². The molecular weight excluding hydrogens is 260 g/mol. The number of carbonyl (C=O) groups excluding carboxylic acids is 1. The third-order valence-corrected chi connectivity index (χ3v) is 2.81. The van der Waals surface area contributed by atoms with Crippen LogP contribution in [-0.2, 0) is 4.79 Å². The Morgan fingerprint density at radius 2 is 2.05 bits per heavy atom. The van der Waals surface area contributed by atoms with E-state index < -0.39 is 17.9 Å². The summed E-state index contributed by atoms with van der Waals surface area (Å²) < 4.78 is 5.09. The van der Waals surface area contributed by atoms with Crippen molar-refractivity contribution in [2.45, 2.75) is 19.4 Å². The van der Waals surface area contributed by atoms with Crippen molar-refractivity contribution < 1.29 is 19.2 Å². The molecule has 0 saturated heterocycles. The molecular formula is C14H14N2O4. The van der Waals surface area contributed by atoms with Gasteiger partial charge in [0, 0.05) is 11.6 Å². The molecule has 1 heterocycles. The Labute approximate surface area is 115 Å². The fourth-order valence-corrected chi connectivity index (χ4v) is 1.69. The molecule has 0 saturated carbocycles. The quantitative estimate of drug-likeness (QED) is 0.869. The van der Waals surface area contributed by atoms with E-state index in [1.165, 1.54) is 6.07 Å². The zero-order valence-electron chi connectivity index (χ0n) is 10.9. The van der Waals surface area contributed by atoms with Crippen molar-refractivity contribution >= 4 is 11.9 Å². The van der Waals surface area contributed by atoms with Gasteiger partial charge in [-0.25, -0.2) is 4.79 Å². The maximum atomic E-state index is 11.9. The summed E-state index contributed by atoms with van der Waals surface area (Å²) >= 11 is 0. The molecule has 2 aromatic rings. The average Bonchev–Trinajstić information content (AvgIpc) is 2.95. The second kappa shape index (κ2) is 6.01. The number of carboxylic acid groups (broad SMARTS) is 1. The Kier molecular flexibility index (Phi) is 4.14. The van der Waals surface area contributed by atoms with Crippen molar-refractivity contribution in [1.29, 1.82) is 0 Å². The summed E-state index contributed by atoms with van der Waals surface area (Å²) in [5.74, 6) is -1.18. The highest BCUT2D eigenvalue weighted by atomic mass is 16.5. The highest BCUT2D eigenvalue weighted by molar-refractivity contribution is 5.95. The number of nitrogens with one attached hydrogen (secondary N) is 1. The molecule has 0 aliphatic rings. The van der Waals surface area contributed by atoms with E-state index in [9.17, 15) is 9.59 Å². The van der Waals surface area contributed by atoms with Crippen molar-refractivity contribution in [2.24, 2.45) is 0 Å². The number of amides is 1. The van der Waals surface area contributed by atoms with Crippen LogP contribution in [0.3, 0.4) is 0 Å². The number of aliphatic carboxylic acids is 1. The summed E-state index contributed by atoms with van der Waals surface area (Å²) in [6.07, 6.45) is 0.296. The number of benzene rings is 1. The molecule has 1 amide bonds. The minimum atomic E-state index is -1.08. The van der Waals surface area contributed by atoms with Gasteiger partial charge in [-0.15, -0.1) is 0 Å². The molecule has 2 rings (SSSR count). The van der Waals surface area contributed by atoms with Crippen LogP contribution >= 0.6 is 0 Å². The first kappa shape index (κ1) is 13.8. The second-order valence-corrected chi connectivity index (χ2v) is 4.21. The van der Waals surface area contributed by atoms with E-state index in [-0.39, 0.29) is 5.69 Å². The lowest BCUT2D eigenvalue weighted by atomic mass is 10.1. The monoisotopic (exact) mass is 274 g/mol. The lowest BCUT2D eigenvalue weighted by Gasteiger charge is -2.10. The Bertz CT molecular complexity index is 607. The summed E-state index contributed by atoms with van der Waals surface area (Å²) in [5, 5.41) is 14.9. The van der Waals surface area contributed by atoms with Crippen LogP contribution < -0.4 is 5.32 Å². The molecule has 0 bridgehead atoms. The van der Waals surface area contributed by atoms with Crippen LogP contribution in [0.5, 0.6) is 0 Å². The van der Waals surface area contributed by atoms with Crippen molar-refractivity contribution in [1.82, 2.24) is 10.5 Å². The first-order valence-corrected chi connectivity index (χ1v) is 6.17. The van der Waals surface area contributed by atoms with Crippen molar-refractivity contribution in [3.05, 3.63) is 42.1 Å². The lowest BCUT2D eigenvalue weighted by Crippen LogP contribution is -2.40. The molecule has 2 N–H and O–H groups in total. The smallest absolute Gasteiger partial charge is 0.326 e. The summed E-state index contributed by atoms with van der Waals surface area (Å²) in [4.78, 5) is 22.7. The van der Waals surface area contributed by atoms with Gasteiger partial charge in [-0.2, -0.15) is 0 Å². The molecule has 0 aliphatic carbocycles. The van der Waals surface area contributed by atoms with Gasteiger partial charge in [0.15, 0.2) is 11.5 Å². The van der Waals surface area contributed by atoms with E-state index in [0.717, 1.165) is 5.56 Å². The molecule has 1 unspecified atom stereocenters. The van der Waals surface area contributed by atoms with Crippen LogP contribution in [0.1, 0.15) is 23.8 Å². The van der Waals surface area contributed by atoms with E-state index in [1.54, 1.807) is 6.92 Å². The van der Waals surface area contributed by atoms with Crippen LogP contribution in [0.2, 0.25) is 0 Å². The molecule has 0 aliphatic heterocycles. The zero-order chi connectivity index (χ0) is 14.5. The maximum Gasteiger partial charge on any atom is 0.326 e. The fourth-order valence-electron chi connectivity index (χ4n) is 1.69. The van der Waals surface area contributed by atoms with Gasteiger partial charge < -0.3 is 14.9 Å². The third kappa shape index (κ3) is 3.03. The summed E-state index contributed by atoms with van der Waals surface area (Å²) in [5.41, 5.74) is 0.855. The number of hydrogen-bond acceptors (Lipinski definition) is 4. The normalized spacial score (nSPS) is 11.8. The third-order valence-electron chi connectivity index (χ3n) is 2.81. The van der Waals surface area contributed by atoms with E-state index in [0.29, 0.717) is 12.2 Å². The first-order valence-electron chi connectivity index (χ1n) is 6.17. The minimum absolute atomic E-state index is 0.0588. The van der Waals surface area contributed by atoms with Crippen molar-refractivity contribution in [3.63, 3.8) is 0 Å². The number of nitrogens with zero attached hydrogens (tertiary/aromatic N) is 1. The molecule has 1 aromatic carbocycles. The van der Waals surface area contributed by atoms with E-state index in [2.05, 4.69) is 10.5 Å². The molecule has 6 heteroatoms. The van der Waals surface area contributed by atoms with Crippen LogP contribution in [0, 0.1) is 0 Å². The largest absolute Gasteiger partial charge is 0.480 e. The van der Waals surface area contributed by atoms with E-state index >= 15 is 0 Å². The molecule has 104 valence electrons. The summed E-state index contributed by atoms with van der Waals surface area (Å²) in [7, 11) is 0. The molecule has 20 heavy (non-hydrogen) atoms. The molecule has 0 spiro atoms. The molecule has 0 radical (unpaired) electrons. The Morgan fingerprint density at radius 1 is 1.35 bits per heavy atom. The van der Waals surface area contributed by atoms with Gasteiger partial charge in [0.25, 0.3) is 5.91 Å². The first-order chi connectivity index (χ1) is 9.61. The maximum absolute atomic E-state index is 11.9. The second-order valence-electron chi connectivity index (χ2n) is 4.21. The molecule has 1 atom stereocenters. The van der Waals surface area contributed by atoms with Gasteiger partial charge >= 0.3 is 5.97 Å². The summed E-state index contributed by atoms with van der Waals surface area (Å²) in [6, 6.07) is 9.76. The molecule has 6 nitrogen and oxygen atoms in total. The fraction of sp³-hybridized carbons (Fsp3) is 0.214. The van der Waals surface area contributed by atoms with Crippen LogP contribution in [0.4, 0.5) is 0 Å². The average molecular weight is 274 g/mol. The predicted molar refractivity (Wildman–Crippen MR) is 71.1 cm³/mol. The van der Waals surface area contributed by atoms with Crippen LogP contribution in [0.25, 0.3) is 11.3 Å². The number of carboxylic acids is 1. The Morgan fingerprint density at radius 3 is 2.65 bits per heavy atom. The van der Waals surface area contributed by atoms with Crippen LogP contribution in [0.15, 0.2) is 40.9 Å². The summed E-state index contributed by atoms with van der Waals surface area (Å²) in [6.45, 7) is 1.68. The van der Waals surface area contributed by atoms with Gasteiger partial charge in [-0.1, -0.05) is 42.4 Å². The number of aromatic nitrogens is 1. The number of rotatable bonds is 5. The number of hydrogen-bond donors (Lipinski definition) is 2. The highest BCUT2D eigenvalue weighted by Gasteiger charge is 2.21. The van der Waals surface area contributed by atoms with Gasteiger partial charge in [0.2, 0.25) is 0 Å². The van der Waals surface area contributed by atoms with Crippen LogP contribution in [-0.4, -0.2) is 28.2 Å². The topological polar surface area (TPSA) is 92.4 Å². The Balaban J connectivity index is 2.13. The van der Waals surface area contributed by atoms with E-state index in [1.807, 2.05) is 30.3 Å². The minimum Gasteiger partial charge on any atom is -0.480 e. The predicted octanol–water partition coefficient (Wildman–Crippen LogP) is 1.93. The van der Waals surface area contributed by atoms with Gasteiger partial charge in [-0.3, -0.25) is 4.79 Å². The van der Waals surface area contributed by atoms with Gasteiger partial charge in [0.05, 0.1) is 0 Å². The highest BCUT2D eigenvalue weighted by Crippen LogP contribution is 2.19. The van der Waals surface area contributed by atoms with Crippen molar-refractivity contribution in [2.75, 3.05) is 0 Å². The van der Waals surface area contributed by atoms with E-state index in [4.69, 9.17) is 9.63 Å². The molecule has 0 fully saturated rings. The Hall–Kier alpha value is -2.63. The molecule has 1 aromatic heterocycles. The van der Waals surface area contributed by atoms with Gasteiger partial charge in [-0.05, 0) is 6.42 Å². The zero-order valence-corrected chi connectivity index (χ0v) is 10.9. The lowest BCUT2D eigenvalue weighted by molar-refractivity contribution is -0.139.